The number of hydrogen-bond donors (Lipinski definition) is 2. The van der Waals surface area contributed by atoms with Crippen molar-refractivity contribution in [2.45, 2.75) is 0 Å². The first-order chi connectivity index (χ1) is 11.4. The quantitative estimate of drug-likeness (QED) is 0.680. The minimum Gasteiger partial charge on any atom is -0.330 e. The summed E-state index contributed by atoms with van der Waals surface area (Å²) in [4.78, 5) is 4.53. The van der Waals surface area contributed by atoms with Gasteiger partial charge in [-0.05, 0) is 24.3 Å². The number of para-hydroxylation sites is 1. The van der Waals surface area contributed by atoms with E-state index in [1.165, 1.54) is 11.3 Å². The van der Waals surface area contributed by atoms with Crippen molar-refractivity contribution in [2.75, 3.05) is 16.3 Å². The molecule has 0 amide bonds. The Balaban J connectivity index is 1.77. The van der Waals surface area contributed by atoms with Gasteiger partial charge in [0, 0.05) is 16.6 Å². The number of halogens is 1. The van der Waals surface area contributed by atoms with Gasteiger partial charge in [-0.3, -0.25) is 4.72 Å². The van der Waals surface area contributed by atoms with E-state index in [0.29, 0.717) is 10.7 Å². The molecule has 3 rings (SSSR count). The van der Waals surface area contributed by atoms with Gasteiger partial charge in [0.25, 0.3) is 0 Å². The number of thiazole rings is 1. The number of sulfonamides is 1. The number of nitrogens with zero attached hydrogens (tertiary/aromatic N) is 1. The first kappa shape index (κ1) is 16.8. The number of aromatic nitrogens is 1. The second kappa shape index (κ2) is 6.80. The molecule has 0 saturated heterocycles. The molecule has 0 aliphatic carbocycles. The summed E-state index contributed by atoms with van der Waals surface area (Å²) in [6.45, 7) is 0. The molecule has 0 unspecified atom stereocenters. The van der Waals surface area contributed by atoms with Gasteiger partial charge in [-0.1, -0.05) is 35.9 Å². The second-order valence-corrected chi connectivity index (χ2v) is 8.11. The summed E-state index contributed by atoms with van der Waals surface area (Å²) in [5.41, 5.74) is 3.02. The van der Waals surface area contributed by atoms with E-state index >= 15 is 0 Å². The summed E-state index contributed by atoms with van der Waals surface area (Å²) in [5, 5.41) is 6.48. The van der Waals surface area contributed by atoms with Crippen LogP contribution in [-0.4, -0.2) is 19.7 Å². The molecule has 0 spiro atoms. The van der Waals surface area contributed by atoms with Crippen LogP contribution < -0.4 is 10.0 Å². The first-order valence-electron chi connectivity index (χ1n) is 6.96. The van der Waals surface area contributed by atoms with E-state index in [4.69, 9.17) is 11.6 Å². The molecule has 0 aliphatic rings. The van der Waals surface area contributed by atoms with Crippen LogP contribution in [0.25, 0.3) is 11.3 Å². The monoisotopic (exact) mass is 379 g/mol. The van der Waals surface area contributed by atoms with E-state index in [0.717, 1.165) is 28.3 Å². The first-order valence-corrected chi connectivity index (χ1v) is 10.1. The summed E-state index contributed by atoms with van der Waals surface area (Å²) in [6.07, 6.45) is 1.12. The average Bonchev–Trinajstić information content (AvgIpc) is 2.97. The SMILES string of the molecule is CS(=O)(=O)Nc1ccc(-c2csc(Nc3ccccc3Cl)n2)cc1. The number of nitrogens with one attached hydrogen (secondary N) is 2. The number of anilines is 3. The van der Waals surface area contributed by atoms with Crippen molar-refractivity contribution in [3.8, 4) is 11.3 Å². The molecule has 1 aromatic heterocycles. The van der Waals surface area contributed by atoms with Gasteiger partial charge < -0.3 is 5.32 Å². The van der Waals surface area contributed by atoms with Crippen LogP contribution in [0.5, 0.6) is 0 Å². The Morgan fingerprint density at radius 3 is 2.46 bits per heavy atom. The van der Waals surface area contributed by atoms with Crippen molar-refractivity contribution in [2.24, 2.45) is 0 Å². The molecule has 0 aliphatic heterocycles. The summed E-state index contributed by atoms with van der Waals surface area (Å²) in [6, 6.07) is 14.5. The van der Waals surface area contributed by atoms with Crippen molar-refractivity contribution in [3.63, 3.8) is 0 Å². The van der Waals surface area contributed by atoms with Gasteiger partial charge >= 0.3 is 0 Å². The maximum atomic E-state index is 11.2. The third kappa shape index (κ3) is 4.25. The fourth-order valence-electron chi connectivity index (χ4n) is 2.06. The third-order valence-corrected chi connectivity index (χ3v) is 4.80. The van der Waals surface area contributed by atoms with Gasteiger partial charge in [0.1, 0.15) is 0 Å². The molecule has 24 heavy (non-hydrogen) atoms. The zero-order chi connectivity index (χ0) is 17.2. The highest BCUT2D eigenvalue weighted by Gasteiger charge is 2.07. The van der Waals surface area contributed by atoms with Crippen LogP contribution in [0.2, 0.25) is 5.02 Å². The van der Waals surface area contributed by atoms with E-state index in [2.05, 4.69) is 15.0 Å². The van der Waals surface area contributed by atoms with E-state index in [1.807, 2.05) is 41.8 Å². The lowest BCUT2D eigenvalue weighted by atomic mass is 10.1. The minimum atomic E-state index is -3.28. The predicted octanol–water partition coefficient (Wildman–Crippen LogP) is 4.58. The minimum absolute atomic E-state index is 0.519. The molecule has 2 N–H and O–H groups in total. The Labute approximate surface area is 149 Å². The van der Waals surface area contributed by atoms with E-state index in [1.54, 1.807) is 12.1 Å². The Bertz CT molecular complexity index is 953. The van der Waals surface area contributed by atoms with Gasteiger partial charge in [-0.2, -0.15) is 0 Å². The lowest BCUT2D eigenvalue weighted by Gasteiger charge is -2.05. The summed E-state index contributed by atoms with van der Waals surface area (Å²) >= 11 is 7.60. The predicted molar refractivity (Wildman–Crippen MR) is 101 cm³/mol. The molecule has 2 aromatic carbocycles. The van der Waals surface area contributed by atoms with E-state index in [9.17, 15) is 8.42 Å². The Morgan fingerprint density at radius 1 is 1.08 bits per heavy atom. The molecule has 124 valence electrons. The Kier molecular flexibility index (Phi) is 4.75. The molecular formula is C16H14ClN3O2S2. The second-order valence-electron chi connectivity index (χ2n) is 5.09. The van der Waals surface area contributed by atoms with Gasteiger partial charge in [0.05, 0.1) is 22.7 Å². The standard InChI is InChI=1S/C16H14ClN3O2S2/c1-24(21,22)20-12-8-6-11(7-9-12)15-10-23-16(19-15)18-14-5-3-2-4-13(14)17/h2-10,20H,1H3,(H,18,19). The number of hydrogen-bond acceptors (Lipinski definition) is 5. The van der Waals surface area contributed by atoms with Crippen LogP contribution in [0.3, 0.4) is 0 Å². The topological polar surface area (TPSA) is 71.1 Å². The van der Waals surface area contributed by atoms with Gasteiger partial charge in [0.15, 0.2) is 5.13 Å². The highest BCUT2D eigenvalue weighted by atomic mass is 35.5. The van der Waals surface area contributed by atoms with Crippen LogP contribution in [0.15, 0.2) is 53.9 Å². The molecule has 5 nitrogen and oxygen atoms in total. The zero-order valence-corrected chi connectivity index (χ0v) is 15.0. The van der Waals surface area contributed by atoms with Gasteiger partial charge in [-0.15, -0.1) is 11.3 Å². The average molecular weight is 380 g/mol. The maximum absolute atomic E-state index is 11.2. The molecule has 0 saturated carbocycles. The van der Waals surface area contributed by atoms with Crippen molar-refractivity contribution in [1.82, 2.24) is 4.98 Å². The molecule has 0 radical (unpaired) electrons. The normalized spacial score (nSPS) is 11.2. The van der Waals surface area contributed by atoms with Crippen molar-refractivity contribution < 1.29 is 8.42 Å². The van der Waals surface area contributed by atoms with Crippen molar-refractivity contribution >= 4 is 49.5 Å². The molecule has 0 bridgehead atoms. The summed E-state index contributed by atoms with van der Waals surface area (Å²) < 4.78 is 24.9. The smallest absolute Gasteiger partial charge is 0.229 e. The zero-order valence-electron chi connectivity index (χ0n) is 12.7. The van der Waals surface area contributed by atoms with Crippen molar-refractivity contribution in [3.05, 3.63) is 58.9 Å². The van der Waals surface area contributed by atoms with E-state index in [-0.39, 0.29) is 0 Å². The van der Waals surface area contributed by atoms with Crippen LogP contribution in [0.4, 0.5) is 16.5 Å². The van der Waals surface area contributed by atoms with Gasteiger partial charge in [-0.25, -0.2) is 13.4 Å². The largest absolute Gasteiger partial charge is 0.330 e. The van der Waals surface area contributed by atoms with Gasteiger partial charge in [0.2, 0.25) is 10.0 Å². The van der Waals surface area contributed by atoms with Crippen LogP contribution in [-0.2, 0) is 10.0 Å². The molecule has 1 heterocycles. The maximum Gasteiger partial charge on any atom is 0.229 e. The van der Waals surface area contributed by atoms with Crippen LogP contribution in [0, 0.1) is 0 Å². The fourth-order valence-corrected chi connectivity index (χ4v) is 3.54. The lowest BCUT2D eigenvalue weighted by Crippen LogP contribution is -2.09. The Hall–Kier alpha value is -2.09. The number of benzene rings is 2. The van der Waals surface area contributed by atoms with Crippen LogP contribution in [0.1, 0.15) is 0 Å². The summed E-state index contributed by atoms with van der Waals surface area (Å²) in [5.74, 6) is 0. The third-order valence-electron chi connectivity index (χ3n) is 3.10. The molecule has 0 atom stereocenters. The fraction of sp³-hybridized carbons (Fsp3) is 0.0625. The molecule has 0 fully saturated rings. The molecule has 3 aromatic rings. The van der Waals surface area contributed by atoms with Crippen molar-refractivity contribution in [1.29, 1.82) is 0 Å². The molecular weight excluding hydrogens is 366 g/mol. The van der Waals surface area contributed by atoms with Crippen LogP contribution >= 0.6 is 22.9 Å². The summed E-state index contributed by atoms with van der Waals surface area (Å²) in [7, 11) is -3.28. The Morgan fingerprint density at radius 2 is 1.79 bits per heavy atom. The number of rotatable bonds is 5. The van der Waals surface area contributed by atoms with E-state index < -0.39 is 10.0 Å². The molecule has 8 heteroatoms. The highest BCUT2D eigenvalue weighted by molar-refractivity contribution is 7.92. The highest BCUT2D eigenvalue weighted by Crippen LogP contribution is 2.30. The lowest BCUT2D eigenvalue weighted by molar-refractivity contribution is 0.607.